The van der Waals surface area contributed by atoms with Crippen LogP contribution < -0.4 is 5.32 Å². The molecule has 0 aromatic heterocycles. The van der Waals surface area contributed by atoms with Gasteiger partial charge in [0.15, 0.2) is 0 Å². The van der Waals surface area contributed by atoms with Crippen molar-refractivity contribution >= 4 is 23.2 Å². The van der Waals surface area contributed by atoms with Gasteiger partial charge in [-0.1, -0.05) is 29.3 Å². The van der Waals surface area contributed by atoms with Gasteiger partial charge in [-0.25, -0.2) is 0 Å². The molecule has 1 fully saturated rings. The minimum Gasteiger partial charge on any atom is -0.314 e. The summed E-state index contributed by atoms with van der Waals surface area (Å²) < 4.78 is 0. The fourth-order valence-corrected chi connectivity index (χ4v) is 2.49. The Balaban J connectivity index is 2.11. The molecule has 4 heteroatoms. The molecular weight excluding hydrogens is 255 g/mol. The summed E-state index contributed by atoms with van der Waals surface area (Å²) in [5.74, 6) is 0. The lowest BCUT2D eigenvalue weighted by Gasteiger charge is -2.43. The average molecular weight is 273 g/mol. The summed E-state index contributed by atoms with van der Waals surface area (Å²) in [6.07, 6.45) is 0. The molecule has 1 N–H and O–H groups in total. The van der Waals surface area contributed by atoms with Crippen LogP contribution in [-0.2, 0) is 6.54 Å². The van der Waals surface area contributed by atoms with Crippen molar-refractivity contribution in [2.45, 2.75) is 25.9 Å². The van der Waals surface area contributed by atoms with E-state index >= 15 is 0 Å². The first kappa shape index (κ1) is 13.2. The van der Waals surface area contributed by atoms with Crippen molar-refractivity contribution in [3.05, 3.63) is 33.8 Å². The maximum Gasteiger partial charge on any atom is 0.0595 e. The third-order valence-corrected chi connectivity index (χ3v) is 4.07. The van der Waals surface area contributed by atoms with Gasteiger partial charge in [0.05, 0.1) is 10.0 Å². The molecular formula is C13H18Cl2N2. The van der Waals surface area contributed by atoms with Crippen LogP contribution in [0, 0.1) is 0 Å². The van der Waals surface area contributed by atoms with Crippen LogP contribution in [0.3, 0.4) is 0 Å². The van der Waals surface area contributed by atoms with Gasteiger partial charge in [-0.15, -0.1) is 0 Å². The zero-order valence-electron chi connectivity index (χ0n) is 10.3. The van der Waals surface area contributed by atoms with Crippen molar-refractivity contribution in [1.29, 1.82) is 0 Å². The Morgan fingerprint density at radius 1 is 1.29 bits per heavy atom. The number of hydrogen-bond donors (Lipinski definition) is 1. The number of halogens is 2. The van der Waals surface area contributed by atoms with Gasteiger partial charge in [0.2, 0.25) is 0 Å². The lowest BCUT2D eigenvalue weighted by Crippen LogP contribution is -2.57. The van der Waals surface area contributed by atoms with Crippen molar-refractivity contribution in [2.24, 2.45) is 0 Å². The maximum absolute atomic E-state index is 6.04. The summed E-state index contributed by atoms with van der Waals surface area (Å²) in [4.78, 5) is 2.48. The summed E-state index contributed by atoms with van der Waals surface area (Å²) in [7, 11) is 0. The number of hydrogen-bond acceptors (Lipinski definition) is 2. The van der Waals surface area contributed by atoms with E-state index in [1.807, 2.05) is 18.2 Å². The molecule has 0 atom stereocenters. The number of nitrogens with zero attached hydrogens (tertiary/aromatic N) is 1. The summed E-state index contributed by atoms with van der Waals surface area (Å²) >= 11 is 12.0. The average Bonchev–Trinajstić information content (AvgIpc) is 2.26. The molecule has 0 spiro atoms. The molecule has 1 aliphatic heterocycles. The summed E-state index contributed by atoms with van der Waals surface area (Å²) in [5.41, 5.74) is 1.40. The molecule has 2 nitrogen and oxygen atoms in total. The van der Waals surface area contributed by atoms with Gasteiger partial charge < -0.3 is 5.32 Å². The SMILES string of the molecule is CC1(C)CNCCN1Cc1ccc(Cl)c(Cl)c1. The van der Waals surface area contributed by atoms with E-state index in [0.717, 1.165) is 26.2 Å². The van der Waals surface area contributed by atoms with Gasteiger partial charge in [0.1, 0.15) is 0 Å². The van der Waals surface area contributed by atoms with Crippen LogP contribution >= 0.6 is 23.2 Å². The van der Waals surface area contributed by atoms with Crippen molar-refractivity contribution in [1.82, 2.24) is 10.2 Å². The Bertz CT molecular complexity index is 404. The molecule has 1 aromatic rings. The van der Waals surface area contributed by atoms with Crippen LogP contribution in [0.25, 0.3) is 0 Å². The molecule has 17 heavy (non-hydrogen) atoms. The highest BCUT2D eigenvalue weighted by Gasteiger charge is 2.29. The topological polar surface area (TPSA) is 15.3 Å². The predicted molar refractivity (Wildman–Crippen MR) is 73.8 cm³/mol. The highest BCUT2D eigenvalue weighted by atomic mass is 35.5. The van der Waals surface area contributed by atoms with Gasteiger partial charge in [-0.3, -0.25) is 4.90 Å². The second kappa shape index (κ2) is 5.15. The smallest absolute Gasteiger partial charge is 0.0595 e. The zero-order valence-corrected chi connectivity index (χ0v) is 11.8. The summed E-state index contributed by atoms with van der Waals surface area (Å²) in [5, 5.41) is 4.68. The van der Waals surface area contributed by atoms with E-state index in [2.05, 4.69) is 24.1 Å². The largest absolute Gasteiger partial charge is 0.314 e. The molecule has 1 aliphatic rings. The quantitative estimate of drug-likeness (QED) is 0.890. The molecule has 0 bridgehead atoms. The normalized spacial score (nSPS) is 20.5. The molecule has 0 amide bonds. The van der Waals surface area contributed by atoms with E-state index in [9.17, 15) is 0 Å². The van der Waals surface area contributed by atoms with Crippen LogP contribution in [0.5, 0.6) is 0 Å². The predicted octanol–water partition coefficient (Wildman–Crippen LogP) is 3.18. The molecule has 2 rings (SSSR count). The summed E-state index contributed by atoms with van der Waals surface area (Å²) in [6.45, 7) is 8.57. The minimum absolute atomic E-state index is 0.185. The first-order chi connectivity index (χ1) is 7.99. The third kappa shape index (κ3) is 3.14. The lowest BCUT2D eigenvalue weighted by molar-refractivity contribution is 0.0828. The Morgan fingerprint density at radius 3 is 2.71 bits per heavy atom. The van der Waals surface area contributed by atoms with Gasteiger partial charge in [0, 0.05) is 31.7 Å². The monoisotopic (exact) mass is 272 g/mol. The van der Waals surface area contributed by atoms with Crippen LogP contribution in [-0.4, -0.2) is 30.1 Å². The molecule has 1 heterocycles. The molecule has 0 radical (unpaired) electrons. The Labute approximate surface area is 113 Å². The number of nitrogens with one attached hydrogen (secondary N) is 1. The van der Waals surface area contributed by atoms with Crippen LogP contribution in [0.1, 0.15) is 19.4 Å². The second-order valence-electron chi connectivity index (χ2n) is 5.16. The van der Waals surface area contributed by atoms with Crippen molar-refractivity contribution in [3.8, 4) is 0 Å². The number of piperazine rings is 1. The van der Waals surface area contributed by atoms with Crippen LogP contribution in [0.2, 0.25) is 10.0 Å². The standard InChI is InChI=1S/C13H18Cl2N2/c1-13(2)9-16-5-6-17(13)8-10-3-4-11(14)12(15)7-10/h3-4,7,16H,5-6,8-9H2,1-2H3. The number of rotatable bonds is 2. The van der Waals surface area contributed by atoms with Crippen molar-refractivity contribution in [2.75, 3.05) is 19.6 Å². The fourth-order valence-electron chi connectivity index (χ4n) is 2.17. The van der Waals surface area contributed by atoms with E-state index in [4.69, 9.17) is 23.2 Å². The van der Waals surface area contributed by atoms with Gasteiger partial charge in [0.25, 0.3) is 0 Å². The Morgan fingerprint density at radius 2 is 2.06 bits per heavy atom. The molecule has 0 aliphatic carbocycles. The van der Waals surface area contributed by atoms with Gasteiger partial charge in [-0.2, -0.15) is 0 Å². The van der Waals surface area contributed by atoms with E-state index in [-0.39, 0.29) is 5.54 Å². The van der Waals surface area contributed by atoms with Crippen molar-refractivity contribution < 1.29 is 0 Å². The molecule has 1 aromatic carbocycles. The first-order valence-electron chi connectivity index (χ1n) is 5.89. The number of benzene rings is 1. The third-order valence-electron chi connectivity index (χ3n) is 3.33. The first-order valence-corrected chi connectivity index (χ1v) is 6.64. The minimum atomic E-state index is 0.185. The molecule has 94 valence electrons. The lowest BCUT2D eigenvalue weighted by atomic mass is 9.99. The van der Waals surface area contributed by atoms with Gasteiger partial charge >= 0.3 is 0 Å². The van der Waals surface area contributed by atoms with Crippen LogP contribution in [0.15, 0.2) is 18.2 Å². The van der Waals surface area contributed by atoms with Crippen molar-refractivity contribution in [3.63, 3.8) is 0 Å². The maximum atomic E-state index is 6.04. The van der Waals surface area contributed by atoms with E-state index in [0.29, 0.717) is 10.0 Å². The summed E-state index contributed by atoms with van der Waals surface area (Å²) in [6, 6.07) is 5.88. The molecule has 1 saturated heterocycles. The highest BCUT2D eigenvalue weighted by molar-refractivity contribution is 6.42. The Hall–Kier alpha value is -0.280. The van der Waals surface area contributed by atoms with Gasteiger partial charge in [-0.05, 0) is 31.5 Å². The van der Waals surface area contributed by atoms with E-state index in [1.165, 1.54) is 5.56 Å². The van der Waals surface area contributed by atoms with E-state index < -0.39 is 0 Å². The van der Waals surface area contributed by atoms with E-state index in [1.54, 1.807) is 0 Å². The Kier molecular flexibility index (Phi) is 3.99. The molecule has 0 unspecified atom stereocenters. The van der Waals surface area contributed by atoms with Crippen LogP contribution in [0.4, 0.5) is 0 Å². The zero-order chi connectivity index (χ0) is 12.5. The fraction of sp³-hybridized carbons (Fsp3) is 0.538. The second-order valence-corrected chi connectivity index (χ2v) is 5.97. The molecule has 0 saturated carbocycles. The highest BCUT2D eigenvalue weighted by Crippen LogP contribution is 2.25.